The Hall–Kier alpha value is -4.54. The number of aliphatic carboxylic acids is 1. The van der Waals surface area contributed by atoms with Crippen LogP contribution in [0, 0.1) is 11.8 Å². The van der Waals surface area contributed by atoms with Gasteiger partial charge in [-0.1, -0.05) is 84.1 Å². The van der Waals surface area contributed by atoms with Gasteiger partial charge in [-0.05, 0) is 83.2 Å². The lowest BCUT2D eigenvalue weighted by atomic mass is 9.95. The van der Waals surface area contributed by atoms with E-state index in [0.717, 1.165) is 55.5 Å². The fourth-order valence-corrected chi connectivity index (χ4v) is 7.97. The maximum atomic E-state index is 14.8. The molecule has 5 N–H and O–H groups in total. The van der Waals surface area contributed by atoms with Crippen molar-refractivity contribution in [2.24, 2.45) is 11.8 Å². The number of piperidine rings is 1. The highest BCUT2D eigenvalue weighted by Crippen LogP contribution is 2.32. The summed E-state index contributed by atoms with van der Waals surface area (Å²) in [5.74, 6) is -3.11. The number of thiazole rings is 1. The van der Waals surface area contributed by atoms with Crippen molar-refractivity contribution < 1.29 is 43.8 Å². The molecule has 4 amide bonds. The summed E-state index contributed by atoms with van der Waals surface area (Å²) in [6.45, 7) is 16.6. The van der Waals surface area contributed by atoms with E-state index in [1.807, 2.05) is 25.8 Å². The lowest BCUT2D eigenvalue weighted by Gasteiger charge is -2.38. The monoisotopic (exact) mass is 856 g/mol. The number of ether oxygens (including phenoxy) is 1. The molecule has 7 atom stereocenters. The Balaban J connectivity index is 1.97. The molecular formula is C44H68N6O9S. The Bertz CT molecular complexity index is 1700. The van der Waals surface area contributed by atoms with Crippen LogP contribution in [0.25, 0.3) is 0 Å². The van der Waals surface area contributed by atoms with Crippen LogP contribution in [0.4, 0.5) is 4.79 Å². The first-order chi connectivity index (χ1) is 28.6. The van der Waals surface area contributed by atoms with Crippen LogP contribution in [0.1, 0.15) is 133 Å². The van der Waals surface area contributed by atoms with Gasteiger partial charge in [0.1, 0.15) is 22.5 Å². The Morgan fingerprint density at radius 3 is 2.37 bits per heavy atom. The Labute approximate surface area is 359 Å². The molecule has 0 bridgehead atoms. The van der Waals surface area contributed by atoms with Crippen molar-refractivity contribution in [1.29, 1.82) is 0 Å². The summed E-state index contributed by atoms with van der Waals surface area (Å²) in [6, 6.07) is 3.78. The van der Waals surface area contributed by atoms with Crippen molar-refractivity contribution >= 4 is 41.1 Å². The van der Waals surface area contributed by atoms with Crippen LogP contribution in [0.5, 0.6) is 5.75 Å². The number of hydrogen-bond donors (Lipinski definition) is 5. The van der Waals surface area contributed by atoms with Gasteiger partial charge in [0.05, 0.1) is 24.6 Å². The Kier molecular flexibility index (Phi) is 21.0. The number of likely N-dealkylation sites (N-methyl/N-ethyl adjacent to an activating group) is 1. The fraction of sp³-hybridized carbons (Fsp3) is 0.636. The molecule has 1 aromatic carbocycles. The third-order valence-electron chi connectivity index (χ3n) is 11.0. The summed E-state index contributed by atoms with van der Waals surface area (Å²) < 4.78 is 5.94. The molecule has 0 saturated carbocycles. The van der Waals surface area contributed by atoms with E-state index >= 15 is 0 Å². The van der Waals surface area contributed by atoms with E-state index in [9.17, 15) is 34.2 Å². The van der Waals surface area contributed by atoms with Gasteiger partial charge in [-0.25, -0.2) is 14.8 Å². The van der Waals surface area contributed by atoms with Crippen LogP contribution in [-0.2, 0) is 30.4 Å². The molecule has 2 aromatic rings. The Morgan fingerprint density at radius 2 is 1.75 bits per heavy atom. The zero-order valence-electron chi connectivity index (χ0n) is 36.5. The van der Waals surface area contributed by atoms with Gasteiger partial charge < -0.3 is 30.9 Å². The third kappa shape index (κ3) is 15.5. The standard InChI is InChI=1S/C44H68N6O9S/c1-9-12-13-16-23-58-50(42(54)38(29(6)10-2)48-40(53)35-17-14-15-22-49(35)8)36(28(4)5)26-37(59-44(57)45-11-3)41-47-34(27-60-41)39(52)46-32(24-30(7)43(55)56)25-31-18-20-33(51)21-19-31/h18-21,27,29-30,32,35-38,51H,4,9-17,22-26H2,1-3,5-8H3,(H,45,57)(H,46,52)(H,48,53)(H,55,56)/t29-,30-,32+,35+,36+,37+,38-/m0/s1. The number of aromatic hydroxyl groups is 1. The molecular weight excluding hydrogens is 789 g/mol. The SMILES string of the molecule is C=C(C)[C@@H](C[C@@H](OC(=O)NCC)c1nc(C(=O)N[C@@H](Cc2ccc(O)cc2)C[C@H](C)C(=O)O)cs1)N(OCCCCCC)C(=O)[C@@H](NC(=O)[C@H]1CCCCN1C)[C@@H](C)CC. The summed E-state index contributed by atoms with van der Waals surface area (Å²) in [5.41, 5.74) is 1.37. The largest absolute Gasteiger partial charge is 0.508 e. The van der Waals surface area contributed by atoms with Crippen molar-refractivity contribution in [3.63, 3.8) is 0 Å². The zero-order chi connectivity index (χ0) is 44.4. The number of phenols is 1. The molecule has 3 rings (SSSR count). The van der Waals surface area contributed by atoms with Crippen molar-refractivity contribution in [3.05, 3.63) is 58.1 Å². The summed E-state index contributed by atoms with van der Waals surface area (Å²) in [5, 5.41) is 31.2. The van der Waals surface area contributed by atoms with E-state index in [2.05, 4.69) is 34.4 Å². The molecule has 60 heavy (non-hydrogen) atoms. The van der Waals surface area contributed by atoms with Gasteiger partial charge in [0, 0.05) is 24.4 Å². The first-order valence-electron chi connectivity index (χ1n) is 21.4. The number of hydrogen-bond acceptors (Lipinski definition) is 11. The number of hydroxylamine groups is 2. The molecule has 16 heteroatoms. The molecule has 0 radical (unpaired) electrons. The quantitative estimate of drug-likeness (QED) is 0.0401. The average molecular weight is 857 g/mol. The minimum absolute atomic E-state index is 0.0200. The molecule has 334 valence electrons. The highest BCUT2D eigenvalue weighted by molar-refractivity contribution is 7.09. The summed E-state index contributed by atoms with van der Waals surface area (Å²) in [6.07, 6.45) is 5.48. The number of carbonyl (C=O) groups excluding carboxylic acids is 4. The summed E-state index contributed by atoms with van der Waals surface area (Å²) >= 11 is 1.10. The number of carbonyl (C=O) groups is 5. The molecule has 1 aromatic heterocycles. The number of aromatic nitrogens is 1. The summed E-state index contributed by atoms with van der Waals surface area (Å²) in [7, 11) is 1.92. The molecule has 0 aliphatic carbocycles. The average Bonchev–Trinajstić information content (AvgIpc) is 3.71. The van der Waals surface area contributed by atoms with E-state index < -0.39 is 54.0 Å². The van der Waals surface area contributed by atoms with Crippen molar-refractivity contribution in [2.75, 3.05) is 26.7 Å². The van der Waals surface area contributed by atoms with Crippen LogP contribution in [0.2, 0.25) is 0 Å². The molecule has 1 saturated heterocycles. The zero-order valence-corrected chi connectivity index (χ0v) is 37.4. The number of carboxylic acids is 1. The first kappa shape index (κ1) is 49.8. The molecule has 2 heterocycles. The van der Waals surface area contributed by atoms with E-state index in [0.29, 0.717) is 31.3 Å². The number of phenolic OH excluding ortho intramolecular Hbond substituents is 1. The molecule has 0 unspecified atom stereocenters. The van der Waals surface area contributed by atoms with E-state index in [4.69, 9.17) is 9.57 Å². The normalized spacial score (nSPS) is 17.3. The van der Waals surface area contributed by atoms with Crippen molar-refractivity contribution in [2.45, 2.75) is 142 Å². The van der Waals surface area contributed by atoms with Gasteiger partial charge in [-0.2, -0.15) is 0 Å². The van der Waals surface area contributed by atoms with E-state index in [1.54, 1.807) is 32.9 Å². The van der Waals surface area contributed by atoms with Crippen LogP contribution in [0.3, 0.4) is 0 Å². The number of unbranched alkanes of at least 4 members (excludes halogenated alkanes) is 3. The lowest BCUT2D eigenvalue weighted by molar-refractivity contribution is -0.203. The third-order valence-corrected chi connectivity index (χ3v) is 11.9. The van der Waals surface area contributed by atoms with Crippen molar-refractivity contribution in [1.82, 2.24) is 30.9 Å². The van der Waals surface area contributed by atoms with E-state index in [-0.39, 0.29) is 60.3 Å². The van der Waals surface area contributed by atoms with Crippen LogP contribution in [-0.4, -0.2) is 106 Å². The molecule has 0 spiro atoms. The number of nitrogens with one attached hydrogen (secondary N) is 3. The predicted octanol–water partition coefficient (Wildman–Crippen LogP) is 6.78. The number of rotatable bonds is 25. The second kappa shape index (κ2) is 25.3. The molecule has 1 aliphatic heterocycles. The number of alkyl carbamates (subject to hydrolysis) is 1. The van der Waals surface area contributed by atoms with Gasteiger partial charge in [0.25, 0.3) is 11.8 Å². The first-order valence-corrected chi connectivity index (χ1v) is 22.3. The van der Waals surface area contributed by atoms with Gasteiger partial charge in [0.2, 0.25) is 5.91 Å². The van der Waals surface area contributed by atoms with Crippen LogP contribution < -0.4 is 16.0 Å². The van der Waals surface area contributed by atoms with Crippen molar-refractivity contribution in [3.8, 4) is 5.75 Å². The van der Waals surface area contributed by atoms with E-state index in [1.165, 1.54) is 22.6 Å². The number of likely N-dealkylation sites (tertiary alicyclic amines) is 1. The topological polar surface area (TPSA) is 200 Å². The van der Waals surface area contributed by atoms with Gasteiger partial charge >= 0.3 is 12.1 Å². The lowest BCUT2D eigenvalue weighted by Crippen LogP contribution is -2.58. The number of carboxylic acid groups (broad SMARTS) is 1. The van der Waals surface area contributed by atoms with Crippen LogP contribution in [0.15, 0.2) is 41.8 Å². The van der Waals surface area contributed by atoms with Crippen LogP contribution >= 0.6 is 11.3 Å². The second-order valence-corrected chi connectivity index (χ2v) is 16.9. The second-order valence-electron chi connectivity index (χ2n) is 16.0. The number of benzene rings is 1. The predicted molar refractivity (Wildman–Crippen MR) is 231 cm³/mol. The number of amides is 4. The molecule has 15 nitrogen and oxygen atoms in total. The van der Waals surface area contributed by atoms with Gasteiger partial charge in [0.15, 0.2) is 6.10 Å². The number of nitrogens with zero attached hydrogens (tertiary/aromatic N) is 3. The highest BCUT2D eigenvalue weighted by atomic mass is 32.1. The van der Waals surface area contributed by atoms with Gasteiger partial charge in [-0.15, -0.1) is 11.3 Å². The highest BCUT2D eigenvalue weighted by Gasteiger charge is 2.39. The smallest absolute Gasteiger partial charge is 0.407 e. The molecule has 1 fully saturated rings. The van der Waals surface area contributed by atoms with Gasteiger partial charge in [-0.3, -0.25) is 28.9 Å². The minimum Gasteiger partial charge on any atom is -0.508 e. The maximum Gasteiger partial charge on any atom is 0.407 e. The fourth-order valence-electron chi connectivity index (χ4n) is 7.13. The maximum absolute atomic E-state index is 14.8. The minimum atomic E-state index is -1.06. The summed E-state index contributed by atoms with van der Waals surface area (Å²) in [4.78, 5) is 80.1. The molecule has 1 aliphatic rings. The Morgan fingerprint density at radius 1 is 1.03 bits per heavy atom.